The van der Waals surface area contributed by atoms with E-state index in [9.17, 15) is 5.11 Å². The number of phenolic OH excluding ortho intramolecular Hbond substituents is 1. The molecule has 1 rings (SSSR count). The normalized spacial score (nSPS) is 11.2. The monoisotopic (exact) mass is 273 g/mol. The highest BCUT2D eigenvalue weighted by molar-refractivity contribution is 6.30. The van der Waals surface area contributed by atoms with Gasteiger partial charge in [0.25, 0.3) is 0 Å². The Hall–Kier alpha value is -0.810. The Bertz CT molecular complexity index is 385. The largest absolute Gasteiger partial charge is 0.507 e. The summed E-state index contributed by atoms with van der Waals surface area (Å²) in [7, 11) is 0. The average Bonchev–Trinajstić information content (AvgIpc) is 2.32. The lowest BCUT2D eigenvalue weighted by Gasteiger charge is -2.22. The van der Waals surface area contributed by atoms with Crippen LogP contribution in [-0.4, -0.2) is 46.5 Å². The van der Waals surface area contributed by atoms with Gasteiger partial charge in [0.15, 0.2) is 0 Å². The lowest BCUT2D eigenvalue weighted by molar-refractivity contribution is 0.173. The Morgan fingerprint density at radius 2 is 1.89 bits per heavy atom. The molecule has 18 heavy (non-hydrogen) atoms. The Kier molecular flexibility index (Phi) is 6.43. The van der Waals surface area contributed by atoms with Crippen LogP contribution in [-0.2, 0) is 6.54 Å². The summed E-state index contributed by atoms with van der Waals surface area (Å²) in [6.45, 7) is 3.64. The molecule has 0 aliphatic carbocycles. The molecule has 0 aliphatic heterocycles. The number of aliphatic hydroxyl groups excluding tert-OH is 2. The minimum atomic E-state index is 0.0474. The van der Waals surface area contributed by atoms with Crippen LogP contribution in [0.3, 0.4) is 0 Å². The smallest absolute Gasteiger partial charge is 0.123 e. The molecule has 0 aromatic heterocycles. The van der Waals surface area contributed by atoms with Gasteiger partial charge in [0.05, 0.1) is 6.61 Å². The Labute approximate surface area is 112 Å². The average molecular weight is 274 g/mol. The Morgan fingerprint density at radius 3 is 2.50 bits per heavy atom. The SMILES string of the molecule is Cc1cc(Cl)cc(CN(CCO)CCCO)c1O. The van der Waals surface area contributed by atoms with Gasteiger partial charge in [-0.05, 0) is 31.0 Å². The number of hydrogen-bond acceptors (Lipinski definition) is 4. The number of benzene rings is 1. The van der Waals surface area contributed by atoms with Crippen LogP contribution in [0.25, 0.3) is 0 Å². The van der Waals surface area contributed by atoms with Gasteiger partial charge >= 0.3 is 0 Å². The molecule has 0 fully saturated rings. The summed E-state index contributed by atoms with van der Waals surface area (Å²) in [4.78, 5) is 1.97. The molecule has 0 saturated heterocycles. The van der Waals surface area contributed by atoms with E-state index in [4.69, 9.17) is 21.8 Å². The maximum Gasteiger partial charge on any atom is 0.123 e. The third kappa shape index (κ3) is 4.46. The zero-order valence-corrected chi connectivity index (χ0v) is 11.3. The number of hydrogen-bond donors (Lipinski definition) is 3. The second-order valence-electron chi connectivity index (χ2n) is 4.31. The maximum absolute atomic E-state index is 9.97. The van der Waals surface area contributed by atoms with Crippen LogP contribution >= 0.6 is 11.6 Å². The van der Waals surface area contributed by atoms with Crippen molar-refractivity contribution in [3.8, 4) is 5.75 Å². The summed E-state index contributed by atoms with van der Waals surface area (Å²) in [6, 6.07) is 3.44. The van der Waals surface area contributed by atoms with Gasteiger partial charge in [-0.2, -0.15) is 0 Å². The molecule has 0 unspecified atom stereocenters. The van der Waals surface area contributed by atoms with Crippen molar-refractivity contribution in [3.05, 3.63) is 28.3 Å². The van der Waals surface area contributed by atoms with Gasteiger partial charge in [-0.3, -0.25) is 4.90 Å². The lowest BCUT2D eigenvalue weighted by atomic mass is 10.1. The molecule has 0 aliphatic rings. The first kappa shape index (κ1) is 15.2. The minimum absolute atomic E-state index is 0.0474. The van der Waals surface area contributed by atoms with Crippen molar-refractivity contribution in [2.24, 2.45) is 0 Å². The highest BCUT2D eigenvalue weighted by Crippen LogP contribution is 2.27. The molecule has 0 spiro atoms. The minimum Gasteiger partial charge on any atom is -0.507 e. The van der Waals surface area contributed by atoms with E-state index in [-0.39, 0.29) is 19.0 Å². The number of halogens is 1. The Morgan fingerprint density at radius 1 is 1.17 bits per heavy atom. The molecule has 0 atom stereocenters. The zero-order valence-electron chi connectivity index (χ0n) is 10.6. The van der Waals surface area contributed by atoms with Crippen molar-refractivity contribution >= 4 is 11.6 Å². The molecule has 1 aromatic carbocycles. The number of nitrogens with zero attached hydrogens (tertiary/aromatic N) is 1. The third-order valence-corrected chi connectivity index (χ3v) is 3.01. The van der Waals surface area contributed by atoms with Crippen molar-refractivity contribution in [1.82, 2.24) is 4.90 Å². The van der Waals surface area contributed by atoms with Gasteiger partial charge in [0.1, 0.15) is 5.75 Å². The molecule has 0 saturated carbocycles. The van der Waals surface area contributed by atoms with Gasteiger partial charge in [0.2, 0.25) is 0 Å². The third-order valence-electron chi connectivity index (χ3n) is 2.79. The second-order valence-corrected chi connectivity index (χ2v) is 4.74. The molecule has 4 nitrogen and oxygen atoms in total. The van der Waals surface area contributed by atoms with E-state index < -0.39 is 0 Å². The summed E-state index contributed by atoms with van der Waals surface area (Å²) in [5, 5.41) is 28.4. The molecular formula is C13H20ClNO3. The molecule has 0 amide bonds. The van der Waals surface area contributed by atoms with E-state index in [1.165, 1.54) is 0 Å². The highest BCUT2D eigenvalue weighted by Gasteiger charge is 2.11. The van der Waals surface area contributed by atoms with Crippen molar-refractivity contribution in [2.45, 2.75) is 19.9 Å². The first-order valence-electron chi connectivity index (χ1n) is 6.00. The number of aromatic hydroxyl groups is 1. The molecule has 5 heteroatoms. The van der Waals surface area contributed by atoms with Crippen LogP contribution in [0.15, 0.2) is 12.1 Å². The van der Waals surface area contributed by atoms with Gasteiger partial charge in [-0.25, -0.2) is 0 Å². The molecule has 1 aromatic rings. The Balaban J connectivity index is 2.79. The molecule has 102 valence electrons. The fourth-order valence-corrected chi connectivity index (χ4v) is 2.17. The van der Waals surface area contributed by atoms with E-state index in [0.29, 0.717) is 31.1 Å². The van der Waals surface area contributed by atoms with Gasteiger partial charge < -0.3 is 15.3 Å². The number of aliphatic hydroxyl groups is 2. The summed E-state index contributed by atoms with van der Waals surface area (Å²) in [5.74, 6) is 0.242. The van der Waals surface area contributed by atoms with Crippen LogP contribution in [0.4, 0.5) is 0 Å². The molecule has 0 radical (unpaired) electrons. The van der Waals surface area contributed by atoms with Crippen molar-refractivity contribution in [2.75, 3.05) is 26.3 Å². The predicted octanol–water partition coefficient (Wildman–Crippen LogP) is 1.53. The van der Waals surface area contributed by atoms with Crippen molar-refractivity contribution in [1.29, 1.82) is 0 Å². The summed E-state index contributed by atoms with van der Waals surface area (Å²) in [5.41, 5.74) is 1.48. The van der Waals surface area contributed by atoms with Crippen molar-refractivity contribution in [3.63, 3.8) is 0 Å². The number of aryl methyl sites for hydroxylation is 1. The highest BCUT2D eigenvalue weighted by atomic mass is 35.5. The molecule has 0 heterocycles. The van der Waals surface area contributed by atoms with Gasteiger partial charge in [-0.1, -0.05) is 11.6 Å². The van der Waals surface area contributed by atoms with Crippen LogP contribution in [0.5, 0.6) is 5.75 Å². The summed E-state index contributed by atoms with van der Waals surface area (Å²) < 4.78 is 0. The van der Waals surface area contributed by atoms with Crippen LogP contribution < -0.4 is 0 Å². The summed E-state index contributed by atoms with van der Waals surface area (Å²) in [6.07, 6.45) is 0.639. The predicted molar refractivity (Wildman–Crippen MR) is 71.9 cm³/mol. The fraction of sp³-hybridized carbons (Fsp3) is 0.538. The first-order chi connectivity index (χ1) is 8.58. The topological polar surface area (TPSA) is 63.9 Å². The molecule has 0 bridgehead atoms. The maximum atomic E-state index is 9.97. The quantitative estimate of drug-likeness (QED) is 0.705. The lowest BCUT2D eigenvalue weighted by Crippen LogP contribution is -2.28. The van der Waals surface area contributed by atoms with E-state index in [0.717, 1.165) is 11.1 Å². The van der Waals surface area contributed by atoms with E-state index in [1.54, 1.807) is 19.1 Å². The van der Waals surface area contributed by atoms with Crippen LogP contribution in [0, 0.1) is 6.92 Å². The van der Waals surface area contributed by atoms with E-state index >= 15 is 0 Å². The van der Waals surface area contributed by atoms with Gasteiger partial charge in [0, 0.05) is 36.8 Å². The van der Waals surface area contributed by atoms with E-state index in [1.807, 2.05) is 4.90 Å². The van der Waals surface area contributed by atoms with Gasteiger partial charge in [-0.15, -0.1) is 0 Å². The molecule has 3 N–H and O–H groups in total. The van der Waals surface area contributed by atoms with Crippen molar-refractivity contribution < 1.29 is 15.3 Å². The van der Waals surface area contributed by atoms with Crippen LogP contribution in [0.2, 0.25) is 5.02 Å². The second kappa shape index (κ2) is 7.59. The zero-order chi connectivity index (χ0) is 13.5. The molecular weight excluding hydrogens is 254 g/mol. The van der Waals surface area contributed by atoms with Crippen LogP contribution in [0.1, 0.15) is 17.5 Å². The van der Waals surface area contributed by atoms with E-state index in [2.05, 4.69) is 0 Å². The first-order valence-corrected chi connectivity index (χ1v) is 6.38. The number of phenols is 1. The fourth-order valence-electron chi connectivity index (χ4n) is 1.87. The standard InChI is InChI=1S/C13H20ClNO3/c1-10-7-12(14)8-11(13(10)18)9-15(4-6-17)3-2-5-16/h7-8,16-18H,2-6,9H2,1H3. The summed E-state index contributed by atoms with van der Waals surface area (Å²) >= 11 is 5.97. The number of rotatable bonds is 7.